The topological polar surface area (TPSA) is 20.2 Å². The van der Waals surface area contributed by atoms with Crippen LogP contribution < -0.4 is 0 Å². The number of hydrogen-bond acceptors (Lipinski definition) is 1. The fourth-order valence-corrected chi connectivity index (χ4v) is 5.87. The predicted molar refractivity (Wildman–Crippen MR) is 73.1 cm³/mol. The fourth-order valence-electron chi connectivity index (χ4n) is 5.87. The molecular formula is C17H26O. The van der Waals surface area contributed by atoms with Crippen molar-refractivity contribution in [3.05, 3.63) is 11.6 Å². The van der Waals surface area contributed by atoms with Gasteiger partial charge in [0.05, 0.1) is 6.10 Å². The van der Waals surface area contributed by atoms with Gasteiger partial charge in [-0.25, -0.2) is 0 Å². The Bertz CT molecular complexity index is 359. The van der Waals surface area contributed by atoms with Crippen LogP contribution in [0.4, 0.5) is 0 Å². The van der Waals surface area contributed by atoms with Crippen LogP contribution in [0.2, 0.25) is 0 Å². The highest BCUT2D eigenvalue weighted by Gasteiger charge is 2.46. The van der Waals surface area contributed by atoms with Gasteiger partial charge in [-0.05, 0) is 74.5 Å². The summed E-state index contributed by atoms with van der Waals surface area (Å²) in [5, 5.41) is 9.85. The minimum Gasteiger partial charge on any atom is -0.393 e. The summed E-state index contributed by atoms with van der Waals surface area (Å²) in [6.45, 7) is 0. The van der Waals surface area contributed by atoms with Gasteiger partial charge >= 0.3 is 0 Å². The van der Waals surface area contributed by atoms with E-state index in [1.54, 1.807) is 5.57 Å². The standard InChI is InChI=1S/C17H26O/c18-13-6-9-15-12(10-13)5-8-16-14-3-1-2-11(14)4-7-17(15)16/h5,11,13-18H,1-4,6-10H2. The van der Waals surface area contributed by atoms with Gasteiger partial charge in [0.25, 0.3) is 0 Å². The highest BCUT2D eigenvalue weighted by molar-refractivity contribution is 5.18. The van der Waals surface area contributed by atoms with E-state index in [0.29, 0.717) is 0 Å². The number of allylic oxidation sites excluding steroid dienone is 1. The van der Waals surface area contributed by atoms with Gasteiger partial charge in [0.2, 0.25) is 0 Å². The van der Waals surface area contributed by atoms with Crippen LogP contribution in [0.5, 0.6) is 0 Å². The molecule has 0 aromatic carbocycles. The lowest BCUT2D eigenvalue weighted by atomic mass is 9.57. The molecule has 1 N–H and O–H groups in total. The van der Waals surface area contributed by atoms with Gasteiger partial charge < -0.3 is 5.11 Å². The molecule has 4 aliphatic carbocycles. The normalized spacial score (nSPS) is 51.1. The minimum absolute atomic E-state index is 0.0353. The van der Waals surface area contributed by atoms with Crippen LogP contribution >= 0.6 is 0 Å². The van der Waals surface area contributed by atoms with Crippen LogP contribution in [0.1, 0.15) is 57.8 Å². The van der Waals surface area contributed by atoms with Crippen LogP contribution in [-0.4, -0.2) is 11.2 Å². The first-order valence-electron chi connectivity index (χ1n) is 8.20. The first-order chi connectivity index (χ1) is 8.83. The molecule has 3 saturated carbocycles. The summed E-state index contributed by atoms with van der Waals surface area (Å²) >= 11 is 0. The summed E-state index contributed by atoms with van der Waals surface area (Å²) in [4.78, 5) is 0. The molecule has 0 aromatic heterocycles. The van der Waals surface area contributed by atoms with E-state index in [9.17, 15) is 5.11 Å². The molecule has 1 nitrogen and oxygen atoms in total. The van der Waals surface area contributed by atoms with Crippen molar-refractivity contribution in [3.8, 4) is 0 Å². The second kappa shape index (κ2) is 4.37. The summed E-state index contributed by atoms with van der Waals surface area (Å²) in [6, 6.07) is 0. The van der Waals surface area contributed by atoms with Crippen LogP contribution in [0, 0.1) is 29.6 Å². The maximum Gasteiger partial charge on any atom is 0.0577 e. The van der Waals surface area contributed by atoms with Crippen LogP contribution in [0.3, 0.4) is 0 Å². The van der Waals surface area contributed by atoms with Gasteiger partial charge in [-0.1, -0.05) is 24.5 Å². The second-order valence-electron chi connectivity index (χ2n) is 7.32. The Morgan fingerprint density at radius 3 is 2.78 bits per heavy atom. The predicted octanol–water partition coefficient (Wildman–Crippen LogP) is 3.92. The molecule has 0 aliphatic heterocycles. The fraction of sp³-hybridized carbons (Fsp3) is 0.882. The van der Waals surface area contributed by atoms with Gasteiger partial charge in [0, 0.05) is 0 Å². The first-order valence-corrected chi connectivity index (χ1v) is 8.20. The molecule has 0 amide bonds. The van der Waals surface area contributed by atoms with Crippen molar-refractivity contribution in [1.29, 1.82) is 0 Å². The lowest BCUT2D eigenvalue weighted by Crippen LogP contribution is -2.40. The lowest BCUT2D eigenvalue weighted by Gasteiger charge is -2.49. The summed E-state index contributed by atoms with van der Waals surface area (Å²) in [6.07, 6.45) is 14.7. The van der Waals surface area contributed by atoms with E-state index in [0.717, 1.165) is 42.4 Å². The zero-order chi connectivity index (χ0) is 12.1. The number of fused-ring (bicyclic) bond motifs is 5. The zero-order valence-corrected chi connectivity index (χ0v) is 11.4. The van der Waals surface area contributed by atoms with Crippen LogP contribution in [-0.2, 0) is 0 Å². The van der Waals surface area contributed by atoms with E-state index in [-0.39, 0.29) is 6.10 Å². The Morgan fingerprint density at radius 2 is 1.83 bits per heavy atom. The van der Waals surface area contributed by atoms with Crippen molar-refractivity contribution in [3.63, 3.8) is 0 Å². The molecule has 1 heteroatoms. The monoisotopic (exact) mass is 246 g/mol. The third kappa shape index (κ3) is 1.70. The molecule has 6 atom stereocenters. The van der Waals surface area contributed by atoms with Crippen molar-refractivity contribution < 1.29 is 5.11 Å². The Balaban J connectivity index is 1.60. The van der Waals surface area contributed by atoms with Gasteiger partial charge in [-0.3, -0.25) is 0 Å². The maximum absolute atomic E-state index is 9.85. The maximum atomic E-state index is 9.85. The lowest BCUT2D eigenvalue weighted by molar-refractivity contribution is 0.0436. The van der Waals surface area contributed by atoms with Crippen molar-refractivity contribution in [1.82, 2.24) is 0 Å². The Kier molecular flexibility index (Phi) is 2.80. The number of hydrogen-bond donors (Lipinski definition) is 1. The Labute approximate surface area is 111 Å². The smallest absolute Gasteiger partial charge is 0.0577 e. The molecule has 0 heterocycles. The third-order valence-corrected chi connectivity index (χ3v) is 6.62. The van der Waals surface area contributed by atoms with Gasteiger partial charge in [0.1, 0.15) is 0 Å². The molecule has 4 aliphatic rings. The van der Waals surface area contributed by atoms with Crippen molar-refractivity contribution >= 4 is 0 Å². The Hall–Kier alpha value is -0.300. The average molecular weight is 246 g/mol. The summed E-state index contributed by atoms with van der Waals surface area (Å²) in [7, 11) is 0. The highest BCUT2D eigenvalue weighted by atomic mass is 16.3. The second-order valence-corrected chi connectivity index (χ2v) is 7.32. The summed E-state index contributed by atoms with van der Waals surface area (Å²) in [5.74, 6) is 4.99. The van der Waals surface area contributed by atoms with Gasteiger partial charge in [-0.2, -0.15) is 0 Å². The number of rotatable bonds is 0. The molecule has 0 radical (unpaired) electrons. The van der Waals surface area contributed by atoms with Gasteiger partial charge in [0.15, 0.2) is 0 Å². The van der Waals surface area contributed by atoms with E-state index in [4.69, 9.17) is 0 Å². The van der Waals surface area contributed by atoms with E-state index in [1.165, 1.54) is 44.9 Å². The minimum atomic E-state index is -0.0353. The first kappa shape index (κ1) is 11.5. The quantitative estimate of drug-likeness (QED) is 0.642. The molecule has 4 rings (SSSR count). The van der Waals surface area contributed by atoms with Crippen LogP contribution in [0.15, 0.2) is 11.6 Å². The van der Waals surface area contributed by atoms with Crippen molar-refractivity contribution in [2.45, 2.75) is 63.9 Å². The molecule has 3 fully saturated rings. The molecule has 0 bridgehead atoms. The van der Waals surface area contributed by atoms with Crippen molar-refractivity contribution in [2.24, 2.45) is 29.6 Å². The molecular weight excluding hydrogens is 220 g/mol. The SMILES string of the molecule is OC1CCC2C(=CCC3C4CCCC4CCC23)C1. The molecule has 0 aromatic rings. The molecule has 0 saturated heterocycles. The number of aliphatic hydroxyl groups excluding tert-OH is 1. The van der Waals surface area contributed by atoms with Gasteiger partial charge in [-0.15, -0.1) is 0 Å². The zero-order valence-electron chi connectivity index (χ0n) is 11.4. The van der Waals surface area contributed by atoms with E-state index in [1.807, 2.05) is 0 Å². The van der Waals surface area contributed by atoms with E-state index < -0.39 is 0 Å². The highest BCUT2D eigenvalue weighted by Crippen LogP contribution is 2.56. The van der Waals surface area contributed by atoms with E-state index >= 15 is 0 Å². The Morgan fingerprint density at radius 1 is 0.889 bits per heavy atom. The molecule has 0 spiro atoms. The molecule has 100 valence electrons. The average Bonchev–Trinajstić information content (AvgIpc) is 2.86. The van der Waals surface area contributed by atoms with E-state index in [2.05, 4.69) is 6.08 Å². The summed E-state index contributed by atoms with van der Waals surface area (Å²) in [5.41, 5.74) is 1.63. The third-order valence-electron chi connectivity index (χ3n) is 6.62. The summed E-state index contributed by atoms with van der Waals surface area (Å²) < 4.78 is 0. The number of aliphatic hydroxyl groups is 1. The van der Waals surface area contributed by atoms with Crippen molar-refractivity contribution in [2.75, 3.05) is 0 Å². The molecule has 6 unspecified atom stereocenters. The largest absolute Gasteiger partial charge is 0.393 e. The molecule has 18 heavy (non-hydrogen) atoms. The van der Waals surface area contributed by atoms with Crippen LogP contribution in [0.25, 0.3) is 0 Å².